The third-order valence-corrected chi connectivity index (χ3v) is 11.1. The lowest BCUT2D eigenvalue weighted by Crippen LogP contribution is -2.44. The van der Waals surface area contributed by atoms with Gasteiger partial charge in [0.15, 0.2) is 14.1 Å². The van der Waals surface area contributed by atoms with Crippen molar-refractivity contribution in [2.45, 2.75) is 97.4 Å². The number of carbonyl (C=O) groups is 3. The second-order valence-electron chi connectivity index (χ2n) is 10.9. The SMILES string of the molecule is CCCC(C)(C)[Si](C)(C)OCCC1(C(=O)CC(=O)OC)CCN(C(=O)OC(C)(C)C)C1. The molecule has 0 bridgehead atoms. The van der Waals surface area contributed by atoms with Gasteiger partial charge in [-0.3, -0.25) is 9.59 Å². The van der Waals surface area contributed by atoms with E-state index < -0.39 is 31.4 Å². The van der Waals surface area contributed by atoms with Crippen molar-refractivity contribution in [2.75, 3.05) is 26.8 Å². The number of nitrogens with zero attached hydrogens (tertiary/aromatic N) is 1. The second kappa shape index (κ2) is 10.5. The lowest BCUT2D eigenvalue weighted by Gasteiger charge is -2.40. The van der Waals surface area contributed by atoms with E-state index in [4.69, 9.17) is 13.9 Å². The normalized spacial score (nSPS) is 20.0. The molecular weight excluding hydrogens is 414 g/mol. The summed E-state index contributed by atoms with van der Waals surface area (Å²) in [5.74, 6) is -0.749. The van der Waals surface area contributed by atoms with Gasteiger partial charge in [-0.25, -0.2) is 4.79 Å². The van der Waals surface area contributed by atoms with Gasteiger partial charge in [0.25, 0.3) is 0 Å². The molecule has 0 aliphatic carbocycles. The summed E-state index contributed by atoms with van der Waals surface area (Å²) in [7, 11) is -0.734. The predicted octanol–water partition coefficient (Wildman–Crippen LogP) is 4.94. The fourth-order valence-electron chi connectivity index (χ4n) is 3.94. The molecule has 1 saturated heterocycles. The monoisotopic (exact) mass is 457 g/mol. The molecule has 1 aliphatic rings. The minimum absolute atomic E-state index is 0.114. The van der Waals surface area contributed by atoms with Gasteiger partial charge in [0.2, 0.25) is 0 Å². The van der Waals surface area contributed by atoms with Crippen LogP contribution in [0.25, 0.3) is 0 Å². The third-order valence-electron chi connectivity index (χ3n) is 6.68. The first-order chi connectivity index (χ1) is 14.1. The number of carbonyl (C=O) groups excluding carboxylic acids is 3. The van der Waals surface area contributed by atoms with Crippen molar-refractivity contribution >= 4 is 26.2 Å². The molecule has 7 nitrogen and oxygen atoms in total. The van der Waals surface area contributed by atoms with E-state index in [0.717, 1.165) is 12.8 Å². The molecule has 0 spiro atoms. The fraction of sp³-hybridized carbons (Fsp3) is 0.870. The maximum absolute atomic E-state index is 13.1. The summed E-state index contributed by atoms with van der Waals surface area (Å²) in [5, 5.41) is 0.114. The molecule has 1 heterocycles. The number of rotatable bonds is 10. The van der Waals surface area contributed by atoms with Gasteiger partial charge in [-0.05, 0) is 58.2 Å². The average Bonchev–Trinajstić information content (AvgIpc) is 3.05. The van der Waals surface area contributed by atoms with Crippen LogP contribution in [-0.2, 0) is 23.5 Å². The van der Waals surface area contributed by atoms with Crippen LogP contribution in [0, 0.1) is 5.41 Å². The molecule has 0 aromatic rings. The van der Waals surface area contributed by atoms with E-state index in [1.54, 1.807) is 4.90 Å². The Balaban J connectivity index is 2.95. The summed E-state index contributed by atoms with van der Waals surface area (Å²) in [6, 6.07) is 0. The molecule has 180 valence electrons. The Kier molecular flexibility index (Phi) is 9.33. The van der Waals surface area contributed by atoms with Gasteiger partial charge in [0.05, 0.1) is 12.5 Å². The van der Waals surface area contributed by atoms with Crippen LogP contribution in [0.1, 0.15) is 73.6 Å². The molecule has 0 radical (unpaired) electrons. The summed E-state index contributed by atoms with van der Waals surface area (Å²) in [5.41, 5.74) is -1.42. The Hall–Kier alpha value is -1.41. The van der Waals surface area contributed by atoms with Gasteiger partial charge < -0.3 is 18.8 Å². The Labute approximate surface area is 189 Å². The standard InChI is InChI=1S/C23H43NO6Si/c1-10-11-22(5,6)31(8,9)29-15-13-23(18(25)16-19(26)28-7)12-14-24(17-23)20(27)30-21(2,3)4/h10-17H2,1-9H3. The smallest absolute Gasteiger partial charge is 0.410 e. The zero-order chi connectivity index (χ0) is 24.1. The number of ether oxygens (including phenoxy) is 2. The summed E-state index contributed by atoms with van der Waals surface area (Å²) in [4.78, 5) is 39.0. The number of Topliss-reactive ketones (excluding diaryl/α,β-unsaturated/α-hetero) is 1. The zero-order valence-electron chi connectivity index (χ0n) is 21.1. The van der Waals surface area contributed by atoms with Crippen molar-refractivity contribution in [1.82, 2.24) is 4.90 Å². The van der Waals surface area contributed by atoms with Crippen molar-refractivity contribution in [3.63, 3.8) is 0 Å². The van der Waals surface area contributed by atoms with Crippen LogP contribution in [0.15, 0.2) is 0 Å². The molecule has 0 aromatic carbocycles. The highest BCUT2D eigenvalue weighted by molar-refractivity contribution is 6.74. The van der Waals surface area contributed by atoms with Crippen LogP contribution in [0.4, 0.5) is 4.79 Å². The van der Waals surface area contributed by atoms with E-state index in [2.05, 4.69) is 33.9 Å². The molecular formula is C23H43NO6Si. The topological polar surface area (TPSA) is 82.1 Å². The molecule has 1 amide bonds. The highest BCUT2D eigenvalue weighted by Crippen LogP contribution is 2.43. The highest BCUT2D eigenvalue weighted by Gasteiger charge is 2.48. The first-order valence-electron chi connectivity index (χ1n) is 11.3. The van der Waals surface area contributed by atoms with Gasteiger partial charge in [-0.2, -0.15) is 0 Å². The van der Waals surface area contributed by atoms with E-state index in [1.807, 2.05) is 20.8 Å². The molecule has 8 heteroatoms. The van der Waals surface area contributed by atoms with Gasteiger partial charge in [0.1, 0.15) is 12.0 Å². The minimum atomic E-state index is -2.01. The van der Waals surface area contributed by atoms with E-state index in [9.17, 15) is 14.4 Å². The molecule has 0 saturated carbocycles. The maximum atomic E-state index is 13.1. The van der Waals surface area contributed by atoms with Crippen LogP contribution in [0.5, 0.6) is 0 Å². The maximum Gasteiger partial charge on any atom is 0.410 e. The Morgan fingerprint density at radius 2 is 1.71 bits per heavy atom. The Morgan fingerprint density at radius 1 is 1.10 bits per heavy atom. The first-order valence-corrected chi connectivity index (χ1v) is 14.2. The number of ketones is 1. The molecule has 0 aromatic heterocycles. The van der Waals surface area contributed by atoms with Gasteiger partial charge in [-0.1, -0.05) is 27.2 Å². The van der Waals surface area contributed by atoms with Gasteiger partial charge in [0, 0.05) is 19.7 Å². The highest BCUT2D eigenvalue weighted by atomic mass is 28.4. The molecule has 0 N–H and O–H groups in total. The zero-order valence-corrected chi connectivity index (χ0v) is 22.1. The molecule has 1 aliphatic heterocycles. The number of methoxy groups -OCH3 is 1. The predicted molar refractivity (Wildman–Crippen MR) is 123 cm³/mol. The van der Waals surface area contributed by atoms with Crippen molar-refractivity contribution in [1.29, 1.82) is 0 Å². The number of esters is 1. The number of hydrogen-bond acceptors (Lipinski definition) is 6. The Bertz CT molecular complexity index is 655. The van der Waals surface area contributed by atoms with E-state index >= 15 is 0 Å². The van der Waals surface area contributed by atoms with Crippen LogP contribution < -0.4 is 0 Å². The summed E-state index contributed by atoms with van der Waals surface area (Å²) < 4.78 is 16.6. The first kappa shape index (κ1) is 27.6. The fourth-order valence-corrected chi connectivity index (χ4v) is 5.79. The largest absolute Gasteiger partial charge is 0.469 e. The summed E-state index contributed by atoms with van der Waals surface area (Å²) in [6.45, 7) is 17.6. The summed E-state index contributed by atoms with van der Waals surface area (Å²) >= 11 is 0. The van der Waals surface area contributed by atoms with Crippen LogP contribution >= 0.6 is 0 Å². The summed E-state index contributed by atoms with van der Waals surface area (Å²) in [6.07, 6.45) is 2.43. The number of hydrogen-bond donors (Lipinski definition) is 0. The number of likely N-dealkylation sites (tertiary alicyclic amines) is 1. The quantitative estimate of drug-likeness (QED) is 0.263. The van der Waals surface area contributed by atoms with Gasteiger partial charge >= 0.3 is 12.1 Å². The van der Waals surface area contributed by atoms with E-state index in [1.165, 1.54) is 7.11 Å². The van der Waals surface area contributed by atoms with Gasteiger partial charge in [-0.15, -0.1) is 0 Å². The second-order valence-corrected chi connectivity index (χ2v) is 15.5. The van der Waals surface area contributed by atoms with Crippen LogP contribution in [0.3, 0.4) is 0 Å². The Morgan fingerprint density at radius 3 is 2.23 bits per heavy atom. The lowest BCUT2D eigenvalue weighted by atomic mass is 9.78. The minimum Gasteiger partial charge on any atom is -0.469 e. The van der Waals surface area contributed by atoms with Crippen LogP contribution in [-0.4, -0.2) is 63.5 Å². The van der Waals surface area contributed by atoms with Crippen molar-refractivity contribution in [3.8, 4) is 0 Å². The van der Waals surface area contributed by atoms with Crippen LogP contribution in [0.2, 0.25) is 18.1 Å². The van der Waals surface area contributed by atoms with Crippen molar-refractivity contribution in [2.24, 2.45) is 5.41 Å². The molecule has 1 atom stereocenters. The molecule has 1 unspecified atom stereocenters. The van der Waals surface area contributed by atoms with E-state index in [0.29, 0.717) is 26.0 Å². The molecule has 1 fully saturated rings. The molecule has 1 rings (SSSR count). The lowest BCUT2D eigenvalue weighted by molar-refractivity contribution is -0.146. The average molecular weight is 458 g/mol. The third kappa shape index (κ3) is 7.59. The van der Waals surface area contributed by atoms with E-state index in [-0.39, 0.29) is 23.8 Å². The number of amides is 1. The molecule has 31 heavy (non-hydrogen) atoms. The van der Waals surface area contributed by atoms with Crippen molar-refractivity contribution in [3.05, 3.63) is 0 Å². The van der Waals surface area contributed by atoms with Crippen molar-refractivity contribution < 1.29 is 28.3 Å².